The van der Waals surface area contributed by atoms with Gasteiger partial charge in [0.25, 0.3) is 5.91 Å². The zero-order valence-electron chi connectivity index (χ0n) is 25.1. The number of rotatable bonds is 9. The second-order valence-electron chi connectivity index (χ2n) is 11.9. The summed E-state index contributed by atoms with van der Waals surface area (Å²) in [5, 5.41) is 31.1. The molecule has 0 radical (unpaired) electrons. The number of carbonyl (C=O) groups is 1. The number of hydrogen-bond acceptors (Lipinski definition) is 6. The van der Waals surface area contributed by atoms with Crippen LogP contribution in [0.4, 0.5) is 17.6 Å². The quantitative estimate of drug-likeness (QED) is 0.138. The van der Waals surface area contributed by atoms with Gasteiger partial charge in [0.1, 0.15) is 28.4 Å². The van der Waals surface area contributed by atoms with Crippen LogP contribution in [-0.2, 0) is 11.2 Å². The van der Waals surface area contributed by atoms with Gasteiger partial charge in [-0.05, 0) is 56.5 Å². The van der Waals surface area contributed by atoms with Gasteiger partial charge in [0.05, 0.1) is 31.0 Å². The monoisotopic (exact) mass is 634 g/mol. The van der Waals surface area contributed by atoms with Crippen molar-refractivity contribution >= 4 is 16.8 Å². The van der Waals surface area contributed by atoms with Gasteiger partial charge in [0.15, 0.2) is 17.5 Å². The highest BCUT2D eigenvalue weighted by atomic mass is 19.2. The van der Waals surface area contributed by atoms with Gasteiger partial charge in [-0.15, -0.1) is 0 Å². The summed E-state index contributed by atoms with van der Waals surface area (Å²) in [4.78, 5) is 17.7. The average Bonchev–Trinajstić information content (AvgIpc) is 3.79. The van der Waals surface area contributed by atoms with E-state index in [9.17, 15) is 28.2 Å². The van der Waals surface area contributed by atoms with E-state index in [0.29, 0.717) is 28.8 Å². The molecule has 8 nitrogen and oxygen atoms in total. The summed E-state index contributed by atoms with van der Waals surface area (Å²) < 4.78 is 66.1. The molecule has 0 saturated heterocycles. The van der Waals surface area contributed by atoms with E-state index in [1.807, 2.05) is 10.9 Å². The fourth-order valence-corrected chi connectivity index (χ4v) is 5.37. The summed E-state index contributed by atoms with van der Waals surface area (Å²) in [6.45, 7) is 2.01. The van der Waals surface area contributed by atoms with E-state index in [1.54, 1.807) is 36.4 Å². The number of aromatic nitrogens is 3. The Kier molecular flexibility index (Phi) is 7.81. The molecule has 3 aromatic carbocycles. The lowest BCUT2D eigenvalue weighted by Gasteiger charge is -2.31. The molecule has 2 heterocycles. The number of aliphatic hydroxyl groups is 2. The van der Waals surface area contributed by atoms with Crippen LogP contribution in [-0.4, -0.2) is 44.5 Å². The fraction of sp³-hybridized carbons (Fsp3) is 0.265. The molecule has 3 N–H and O–H groups in total. The van der Waals surface area contributed by atoms with Gasteiger partial charge in [-0.2, -0.15) is 5.10 Å². The van der Waals surface area contributed by atoms with Gasteiger partial charge in [0, 0.05) is 34.3 Å². The molecule has 1 fully saturated rings. The van der Waals surface area contributed by atoms with Crippen LogP contribution < -0.4 is 10.1 Å². The predicted molar refractivity (Wildman–Crippen MR) is 161 cm³/mol. The maximum atomic E-state index is 15.9. The third-order valence-corrected chi connectivity index (χ3v) is 8.06. The highest BCUT2D eigenvalue weighted by Crippen LogP contribution is 2.38. The zero-order valence-corrected chi connectivity index (χ0v) is 25.1. The third kappa shape index (κ3) is 5.69. The van der Waals surface area contributed by atoms with Crippen molar-refractivity contribution in [1.82, 2.24) is 20.1 Å². The molecule has 238 valence electrons. The van der Waals surface area contributed by atoms with Crippen molar-refractivity contribution in [2.75, 3.05) is 13.7 Å². The number of ether oxygens (including phenoxy) is 1. The van der Waals surface area contributed by atoms with Gasteiger partial charge < -0.3 is 20.3 Å². The van der Waals surface area contributed by atoms with Crippen LogP contribution in [0.15, 0.2) is 66.9 Å². The molecular formula is C34H30F4N4O4. The van der Waals surface area contributed by atoms with Gasteiger partial charge >= 0.3 is 0 Å². The van der Waals surface area contributed by atoms with Gasteiger partial charge in [0.2, 0.25) is 0 Å². The SMILES string of the molecule is COc1cc(C(=O)NC[C@@](O)(c2ccccc2)c2cc(C(C)(C)O)c(F)c(-c3cc(F)c(F)cc3F)n2)cc2cn(C3CC3)nc12. The van der Waals surface area contributed by atoms with Crippen LogP contribution in [0.2, 0.25) is 0 Å². The Bertz CT molecular complexity index is 1970. The summed E-state index contributed by atoms with van der Waals surface area (Å²) in [6, 6.07) is 13.3. The summed E-state index contributed by atoms with van der Waals surface area (Å²) in [5.41, 5.74) is -5.24. The minimum atomic E-state index is -2.18. The number of methoxy groups -OCH3 is 1. The van der Waals surface area contributed by atoms with E-state index >= 15 is 4.39 Å². The summed E-state index contributed by atoms with van der Waals surface area (Å²) >= 11 is 0. The molecule has 1 atom stereocenters. The number of pyridine rings is 1. The van der Waals surface area contributed by atoms with Gasteiger partial charge in [-0.3, -0.25) is 9.48 Å². The van der Waals surface area contributed by atoms with E-state index in [1.165, 1.54) is 27.0 Å². The highest BCUT2D eigenvalue weighted by molar-refractivity contribution is 6.00. The molecule has 0 bridgehead atoms. The lowest BCUT2D eigenvalue weighted by atomic mass is 9.86. The molecule has 1 amide bonds. The lowest BCUT2D eigenvalue weighted by molar-refractivity contribution is 0.0625. The van der Waals surface area contributed by atoms with Gasteiger partial charge in [-0.1, -0.05) is 30.3 Å². The molecular weight excluding hydrogens is 604 g/mol. The Morgan fingerprint density at radius 2 is 1.70 bits per heavy atom. The predicted octanol–water partition coefficient (Wildman–Crippen LogP) is 5.89. The number of hydrogen-bond donors (Lipinski definition) is 3. The molecule has 12 heteroatoms. The third-order valence-electron chi connectivity index (χ3n) is 8.06. The molecule has 2 aromatic heterocycles. The molecule has 0 aliphatic heterocycles. The van der Waals surface area contributed by atoms with Crippen molar-refractivity contribution in [3.05, 3.63) is 113 Å². The maximum Gasteiger partial charge on any atom is 0.251 e. The van der Waals surface area contributed by atoms with Crippen molar-refractivity contribution in [2.45, 2.75) is 43.9 Å². The van der Waals surface area contributed by atoms with Crippen molar-refractivity contribution in [2.24, 2.45) is 0 Å². The number of nitrogens with zero attached hydrogens (tertiary/aromatic N) is 3. The van der Waals surface area contributed by atoms with E-state index < -0.39 is 63.7 Å². The Labute approximate surface area is 261 Å². The molecule has 5 aromatic rings. The Morgan fingerprint density at radius 3 is 2.35 bits per heavy atom. The standard InChI is InChI=1S/C34H30F4N4O4/c1-33(2,44)23-14-28(40-31(29(23)38)22-13-25(36)26(37)15-24(22)35)34(45,20-7-5-4-6-8-20)17-39-32(43)18-11-19-16-42(21-9-10-21)41-30(19)27(12-18)46-3/h4-8,11-16,21,44-45H,9-10,17H2,1-3H3,(H,39,43)/t34-/m1/s1. The second kappa shape index (κ2) is 11.5. The van der Waals surface area contributed by atoms with E-state index in [-0.39, 0.29) is 22.9 Å². The topological polar surface area (TPSA) is 110 Å². The molecule has 46 heavy (non-hydrogen) atoms. The van der Waals surface area contributed by atoms with Crippen LogP contribution in [0.3, 0.4) is 0 Å². The fourth-order valence-electron chi connectivity index (χ4n) is 5.37. The summed E-state index contributed by atoms with van der Waals surface area (Å²) in [6.07, 6.45) is 3.86. The van der Waals surface area contributed by atoms with E-state index in [2.05, 4.69) is 15.4 Å². The Balaban J connectivity index is 1.44. The molecule has 0 unspecified atom stereocenters. The highest BCUT2D eigenvalue weighted by Gasteiger charge is 2.38. The first-order valence-electron chi connectivity index (χ1n) is 14.5. The Morgan fingerprint density at radius 1 is 1.00 bits per heavy atom. The summed E-state index contributed by atoms with van der Waals surface area (Å²) in [7, 11) is 1.47. The minimum absolute atomic E-state index is 0.212. The molecule has 1 aliphatic rings. The van der Waals surface area contributed by atoms with Crippen LogP contribution >= 0.6 is 0 Å². The molecule has 1 saturated carbocycles. The molecule has 0 spiro atoms. The summed E-state index contributed by atoms with van der Waals surface area (Å²) in [5.74, 6) is -5.66. The van der Waals surface area contributed by atoms with Crippen molar-refractivity contribution in [3.8, 4) is 17.0 Å². The van der Waals surface area contributed by atoms with E-state index in [4.69, 9.17) is 4.74 Å². The van der Waals surface area contributed by atoms with E-state index in [0.717, 1.165) is 18.9 Å². The molecule has 6 rings (SSSR count). The van der Waals surface area contributed by atoms with Crippen LogP contribution in [0.25, 0.3) is 22.2 Å². The Hall–Kier alpha value is -4.81. The van der Waals surface area contributed by atoms with Crippen molar-refractivity contribution in [1.29, 1.82) is 0 Å². The number of benzene rings is 3. The number of carbonyl (C=O) groups excluding carboxylic acids is 1. The number of nitrogens with one attached hydrogen (secondary N) is 1. The average molecular weight is 635 g/mol. The van der Waals surface area contributed by atoms with Crippen molar-refractivity contribution < 1.29 is 37.3 Å². The first-order valence-corrected chi connectivity index (χ1v) is 14.5. The van der Waals surface area contributed by atoms with Crippen LogP contribution in [0.1, 0.15) is 59.9 Å². The molecule has 1 aliphatic carbocycles. The second-order valence-corrected chi connectivity index (χ2v) is 11.9. The lowest BCUT2D eigenvalue weighted by Crippen LogP contribution is -2.42. The smallest absolute Gasteiger partial charge is 0.251 e. The van der Waals surface area contributed by atoms with Crippen molar-refractivity contribution in [3.63, 3.8) is 0 Å². The first kappa shape index (κ1) is 31.2. The first-order chi connectivity index (χ1) is 21.8. The van der Waals surface area contributed by atoms with Gasteiger partial charge in [-0.25, -0.2) is 22.5 Å². The van der Waals surface area contributed by atoms with Crippen LogP contribution in [0.5, 0.6) is 5.75 Å². The minimum Gasteiger partial charge on any atom is -0.494 e. The largest absolute Gasteiger partial charge is 0.494 e. The van der Waals surface area contributed by atoms with Crippen LogP contribution in [0, 0.1) is 23.3 Å². The number of halogens is 4. The normalized spacial score (nSPS) is 14.7. The number of amides is 1. The maximum absolute atomic E-state index is 15.9. The zero-order chi connectivity index (χ0) is 33.0. The number of fused-ring (bicyclic) bond motifs is 1.